The Labute approximate surface area is 159 Å². The van der Waals surface area contributed by atoms with Crippen molar-refractivity contribution in [2.75, 3.05) is 0 Å². The third-order valence-corrected chi connectivity index (χ3v) is 4.08. The van der Waals surface area contributed by atoms with E-state index in [2.05, 4.69) is 0 Å². The van der Waals surface area contributed by atoms with Crippen LogP contribution in [0.4, 0.5) is 4.39 Å². The minimum absolute atomic E-state index is 0.142. The van der Waals surface area contributed by atoms with E-state index in [9.17, 15) is 9.18 Å². The van der Waals surface area contributed by atoms with E-state index < -0.39 is 0 Å². The zero-order valence-corrected chi connectivity index (χ0v) is 14.9. The average molecular weight is 391 g/mol. The Kier molecular flexibility index (Phi) is 5.76. The summed E-state index contributed by atoms with van der Waals surface area (Å²) in [5.41, 5.74) is 0.395. The molecular weight excluding hydrogens is 378 g/mol. The molecule has 0 saturated carbocycles. The number of rotatable bonds is 6. The smallest absolute Gasteiger partial charge is 0.185 e. The Morgan fingerprint density at radius 1 is 1.04 bits per heavy atom. The summed E-state index contributed by atoms with van der Waals surface area (Å²) < 4.78 is 24.0. The van der Waals surface area contributed by atoms with Gasteiger partial charge >= 0.3 is 0 Å². The molecule has 0 aliphatic heterocycles. The largest absolute Gasteiger partial charge is 0.483 e. The Balaban J connectivity index is 1.62. The first kappa shape index (κ1) is 18.2. The average Bonchev–Trinajstić information content (AvgIpc) is 3.08. The van der Waals surface area contributed by atoms with E-state index in [0.29, 0.717) is 32.9 Å². The zero-order chi connectivity index (χ0) is 18.5. The van der Waals surface area contributed by atoms with Crippen LogP contribution in [-0.2, 0) is 6.61 Å². The highest BCUT2D eigenvalue weighted by molar-refractivity contribution is 6.37. The van der Waals surface area contributed by atoms with Crippen LogP contribution in [0, 0.1) is 5.82 Å². The molecule has 0 aliphatic carbocycles. The fraction of sp³-hybridized carbons (Fsp3) is 0.0500. The Morgan fingerprint density at radius 2 is 1.73 bits per heavy atom. The van der Waals surface area contributed by atoms with Crippen molar-refractivity contribution in [1.29, 1.82) is 0 Å². The second-order valence-electron chi connectivity index (χ2n) is 5.35. The number of hydrogen-bond donors (Lipinski definition) is 0. The van der Waals surface area contributed by atoms with Crippen LogP contribution in [0.1, 0.15) is 21.9 Å². The Hall–Kier alpha value is -2.56. The lowest BCUT2D eigenvalue weighted by Gasteiger charge is -2.07. The fourth-order valence-corrected chi connectivity index (χ4v) is 2.70. The maximum absolute atomic E-state index is 12.9. The van der Waals surface area contributed by atoms with Gasteiger partial charge in [0, 0.05) is 5.56 Å². The molecule has 3 aromatic rings. The van der Waals surface area contributed by atoms with E-state index in [0.717, 1.165) is 0 Å². The molecule has 0 unspecified atom stereocenters. The third kappa shape index (κ3) is 4.54. The van der Waals surface area contributed by atoms with Crippen LogP contribution in [0.25, 0.3) is 6.08 Å². The first-order valence-electron chi connectivity index (χ1n) is 7.66. The maximum atomic E-state index is 12.9. The second kappa shape index (κ2) is 8.21. The second-order valence-corrected chi connectivity index (χ2v) is 6.16. The summed E-state index contributed by atoms with van der Waals surface area (Å²) in [6.45, 7) is 0.142. The van der Waals surface area contributed by atoms with Crippen molar-refractivity contribution >= 4 is 35.1 Å². The molecule has 132 valence electrons. The molecule has 0 amide bonds. The summed E-state index contributed by atoms with van der Waals surface area (Å²) in [6.07, 6.45) is 2.90. The van der Waals surface area contributed by atoms with Gasteiger partial charge in [0.25, 0.3) is 0 Å². The van der Waals surface area contributed by atoms with Crippen LogP contribution in [0.5, 0.6) is 5.75 Å². The van der Waals surface area contributed by atoms with E-state index in [4.69, 9.17) is 32.4 Å². The molecule has 2 aromatic carbocycles. The number of halogens is 3. The summed E-state index contributed by atoms with van der Waals surface area (Å²) in [6, 6.07) is 13.9. The van der Waals surface area contributed by atoms with Gasteiger partial charge in [0.15, 0.2) is 11.5 Å². The van der Waals surface area contributed by atoms with Crippen LogP contribution in [0.2, 0.25) is 10.0 Å². The van der Waals surface area contributed by atoms with Crippen molar-refractivity contribution in [1.82, 2.24) is 0 Å². The monoisotopic (exact) mass is 390 g/mol. The number of carbonyl (C=O) groups excluding carboxylic acids is 1. The molecule has 0 radical (unpaired) electrons. The van der Waals surface area contributed by atoms with Crippen LogP contribution in [0.15, 0.2) is 65.1 Å². The molecule has 0 bridgehead atoms. The number of benzene rings is 2. The summed E-state index contributed by atoms with van der Waals surface area (Å²) in [7, 11) is 0. The van der Waals surface area contributed by atoms with Gasteiger partial charge in [0.1, 0.15) is 23.9 Å². The first-order valence-corrected chi connectivity index (χ1v) is 8.42. The highest BCUT2D eigenvalue weighted by Gasteiger charge is 2.09. The number of ether oxygens (including phenoxy) is 1. The summed E-state index contributed by atoms with van der Waals surface area (Å²) >= 11 is 12.1. The lowest BCUT2D eigenvalue weighted by molar-refractivity contribution is 0.104. The van der Waals surface area contributed by atoms with E-state index in [1.807, 2.05) is 0 Å². The topological polar surface area (TPSA) is 39.4 Å². The van der Waals surface area contributed by atoms with Gasteiger partial charge in [0.05, 0.1) is 10.0 Å². The Morgan fingerprint density at radius 3 is 2.42 bits per heavy atom. The van der Waals surface area contributed by atoms with Crippen LogP contribution >= 0.6 is 23.2 Å². The van der Waals surface area contributed by atoms with E-state index in [1.54, 1.807) is 30.3 Å². The molecule has 6 heteroatoms. The van der Waals surface area contributed by atoms with Gasteiger partial charge in [-0.15, -0.1) is 0 Å². The van der Waals surface area contributed by atoms with E-state index in [-0.39, 0.29) is 18.2 Å². The van der Waals surface area contributed by atoms with E-state index in [1.165, 1.54) is 36.4 Å². The minimum Gasteiger partial charge on any atom is -0.483 e. The molecule has 0 saturated heterocycles. The normalized spacial score (nSPS) is 11.0. The van der Waals surface area contributed by atoms with Gasteiger partial charge < -0.3 is 9.15 Å². The molecule has 1 aromatic heterocycles. The van der Waals surface area contributed by atoms with Crippen molar-refractivity contribution < 1.29 is 18.3 Å². The number of furan rings is 1. The molecule has 26 heavy (non-hydrogen) atoms. The SMILES string of the molecule is O=C(/C=C/c1ccc(COc2c(Cl)cccc2Cl)o1)c1ccc(F)cc1. The van der Waals surface area contributed by atoms with Crippen LogP contribution in [-0.4, -0.2) is 5.78 Å². The van der Waals surface area contributed by atoms with E-state index >= 15 is 0 Å². The number of ketones is 1. The van der Waals surface area contributed by atoms with Crippen molar-refractivity contribution in [2.45, 2.75) is 6.61 Å². The number of para-hydroxylation sites is 1. The Bertz CT molecular complexity index is 926. The standard InChI is InChI=1S/C20H13Cl2FO3/c21-17-2-1-3-18(22)20(17)25-12-16-9-8-15(26-16)10-11-19(24)13-4-6-14(23)7-5-13/h1-11H,12H2/b11-10+. The zero-order valence-electron chi connectivity index (χ0n) is 13.4. The quantitative estimate of drug-likeness (QED) is 0.371. The lowest BCUT2D eigenvalue weighted by Crippen LogP contribution is -1.95. The van der Waals surface area contributed by atoms with Gasteiger partial charge in [-0.2, -0.15) is 0 Å². The van der Waals surface area contributed by atoms with Crippen molar-refractivity contribution in [3.8, 4) is 5.75 Å². The van der Waals surface area contributed by atoms with Crippen molar-refractivity contribution in [2.24, 2.45) is 0 Å². The van der Waals surface area contributed by atoms with Crippen LogP contribution < -0.4 is 4.74 Å². The van der Waals surface area contributed by atoms with Crippen LogP contribution in [0.3, 0.4) is 0 Å². The highest BCUT2D eigenvalue weighted by Crippen LogP contribution is 2.33. The summed E-state index contributed by atoms with van der Waals surface area (Å²) in [5, 5.41) is 0.822. The molecule has 3 rings (SSSR count). The lowest BCUT2D eigenvalue weighted by atomic mass is 10.1. The van der Waals surface area contributed by atoms with Crippen molar-refractivity contribution in [3.63, 3.8) is 0 Å². The van der Waals surface area contributed by atoms with Gasteiger partial charge in [-0.25, -0.2) is 4.39 Å². The van der Waals surface area contributed by atoms with Crippen molar-refractivity contribution in [3.05, 3.63) is 93.6 Å². The number of carbonyl (C=O) groups is 1. The first-order chi connectivity index (χ1) is 12.5. The molecule has 0 spiro atoms. The summed E-state index contributed by atoms with van der Waals surface area (Å²) in [5.74, 6) is 0.789. The van der Waals surface area contributed by atoms with Gasteiger partial charge in [-0.3, -0.25) is 4.79 Å². The molecule has 1 heterocycles. The molecule has 0 aliphatic rings. The molecule has 3 nitrogen and oxygen atoms in total. The molecule has 0 atom stereocenters. The molecular formula is C20H13Cl2FO3. The fourth-order valence-electron chi connectivity index (χ4n) is 2.19. The summed E-state index contributed by atoms with van der Waals surface area (Å²) in [4.78, 5) is 12.0. The predicted molar refractivity (Wildman–Crippen MR) is 99.3 cm³/mol. The number of hydrogen-bond acceptors (Lipinski definition) is 3. The van der Waals surface area contributed by atoms with Gasteiger partial charge in [0.2, 0.25) is 0 Å². The number of allylic oxidation sites excluding steroid dienone is 1. The molecule has 0 N–H and O–H groups in total. The maximum Gasteiger partial charge on any atom is 0.185 e. The molecule has 0 fully saturated rings. The van der Waals surface area contributed by atoms with Gasteiger partial charge in [-0.05, 0) is 60.7 Å². The highest BCUT2D eigenvalue weighted by atomic mass is 35.5. The predicted octanol–water partition coefficient (Wildman–Crippen LogP) is 6.20. The third-order valence-electron chi connectivity index (χ3n) is 3.49. The minimum atomic E-state index is -0.389. The van der Waals surface area contributed by atoms with Gasteiger partial charge in [-0.1, -0.05) is 29.3 Å².